The molecule has 1 aromatic carbocycles. The summed E-state index contributed by atoms with van der Waals surface area (Å²) in [6, 6.07) is 9.41. The molecule has 30 heavy (non-hydrogen) atoms. The van der Waals surface area contributed by atoms with Gasteiger partial charge in [-0.25, -0.2) is 4.98 Å². The fourth-order valence-electron chi connectivity index (χ4n) is 3.39. The summed E-state index contributed by atoms with van der Waals surface area (Å²) in [5.41, 5.74) is 1.43. The van der Waals surface area contributed by atoms with Gasteiger partial charge >= 0.3 is 0 Å². The fourth-order valence-corrected chi connectivity index (χ4v) is 5.00. The number of ether oxygens (including phenoxy) is 2. The normalized spacial score (nSPS) is 16.1. The van der Waals surface area contributed by atoms with Crippen molar-refractivity contribution in [1.82, 2.24) is 14.9 Å². The average molecular weight is 446 g/mol. The first-order chi connectivity index (χ1) is 14.7. The topological polar surface area (TPSA) is 82.4 Å². The molecule has 2 aromatic heterocycles. The van der Waals surface area contributed by atoms with Crippen LogP contribution in [0.5, 0.6) is 5.75 Å². The number of aromatic nitrogens is 2. The van der Waals surface area contributed by atoms with Gasteiger partial charge in [-0.15, -0.1) is 11.3 Å². The molecule has 0 spiro atoms. The van der Waals surface area contributed by atoms with Gasteiger partial charge in [-0.3, -0.25) is 14.2 Å². The van der Waals surface area contributed by atoms with Crippen LogP contribution in [0.4, 0.5) is 0 Å². The molecular formula is C21H23N3O4S2. The molecule has 0 bridgehead atoms. The van der Waals surface area contributed by atoms with Crippen LogP contribution in [0.15, 0.2) is 45.7 Å². The third-order valence-electron chi connectivity index (χ3n) is 4.94. The molecule has 3 heterocycles. The van der Waals surface area contributed by atoms with Gasteiger partial charge in [-0.2, -0.15) is 0 Å². The van der Waals surface area contributed by atoms with Gasteiger partial charge < -0.3 is 14.8 Å². The summed E-state index contributed by atoms with van der Waals surface area (Å²) >= 11 is 2.64. The highest BCUT2D eigenvalue weighted by Gasteiger charge is 2.18. The van der Waals surface area contributed by atoms with Crippen LogP contribution in [0.2, 0.25) is 0 Å². The Hall–Kier alpha value is -2.36. The Bertz CT molecular complexity index is 1090. The number of methoxy groups -OCH3 is 1. The fraction of sp³-hybridized carbons (Fsp3) is 0.381. The van der Waals surface area contributed by atoms with Crippen molar-refractivity contribution in [2.45, 2.75) is 30.6 Å². The highest BCUT2D eigenvalue weighted by Crippen LogP contribution is 2.24. The third-order valence-corrected chi connectivity index (χ3v) is 6.80. The number of hydrogen-bond donors (Lipinski definition) is 1. The standard InChI is InChI=1S/C21H23N3O4S2/c1-27-17-7-3-2-5-14(17)12-24-20(26)19-16(8-10-29-19)23-21(24)30-13-18(25)22-11-15-6-4-9-28-15/h2-3,5,7-8,10,15H,4,6,9,11-13H2,1H3,(H,22,25)/t15-/m0/s1. The number of nitrogens with one attached hydrogen (secondary N) is 1. The minimum absolute atomic E-state index is 0.0981. The van der Waals surface area contributed by atoms with E-state index in [0.717, 1.165) is 25.0 Å². The zero-order valence-corrected chi connectivity index (χ0v) is 18.3. The van der Waals surface area contributed by atoms with E-state index in [0.29, 0.717) is 34.2 Å². The molecule has 1 amide bonds. The highest BCUT2D eigenvalue weighted by atomic mass is 32.2. The summed E-state index contributed by atoms with van der Waals surface area (Å²) < 4.78 is 13.2. The largest absolute Gasteiger partial charge is 0.496 e. The van der Waals surface area contributed by atoms with Crippen LogP contribution in [0, 0.1) is 0 Å². The van der Waals surface area contributed by atoms with E-state index in [1.165, 1.54) is 23.1 Å². The van der Waals surface area contributed by atoms with Gasteiger partial charge in [0.15, 0.2) is 5.16 Å². The number of benzene rings is 1. The number of fused-ring (bicyclic) bond motifs is 1. The molecule has 4 rings (SSSR count). The van der Waals surface area contributed by atoms with Crippen molar-refractivity contribution in [3.05, 3.63) is 51.6 Å². The van der Waals surface area contributed by atoms with Crippen LogP contribution in [-0.2, 0) is 16.1 Å². The first-order valence-corrected chi connectivity index (χ1v) is 11.6. The number of carbonyl (C=O) groups excluding carboxylic acids is 1. The number of nitrogens with zero attached hydrogens (tertiary/aromatic N) is 2. The van der Waals surface area contributed by atoms with Gasteiger partial charge in [0.1, 0.15) is 10.4 Å². The molecule has 0 aliphatic carbocycles. The van der Waals surface area contributed by atoms with Crippen molar-refractivity contribution in [2.24, 2.45) is 0 Å². The lowest BCUT2D eigenvalue weighted by molar-refractivity contribution is -0.119. The number of thiophene rings is 1. The van der Waals surface area contributed by atoms with E-state index in [-0.39, 0.29) is 23.3 Å². The van der Waals surface area contributed by atoms with Crippen molar-refractivity contribution in [1.29, 1.82) is 0 Å². The maximum atomic E-state index is 13.1. The average Bonchev–Trinajstić information content (AvgIpc) is 3.45. The molecular weight excluding hydrogens is 422 g/mol. The lowest BCUT2D eigenvalue weighted by Crippen LogP contribution is -2.33. The molecule has 0 radical (unpaired) electrons. The Labute approximate surface area is 182 Å². The first kappa shape index (κ1) is 20.9. The summed E-state index contributed by atoms with van der Waals surface area (Å²) in [5.74, 6) is 0.792. The van der Waals surface area contributed by atoms with Crippen LogP contribution < -0.4 is 15.6 Å². The second-order valence-electron chi connectivity index (χ2n) is 6.96. The van der Waals surface area contributed by atoms with Crippen LogP contribution in [0.25, 0.3) is 10.2 Å². The molecule has 1 fully saturated rings. The SMILES string of the molecule is COc1ccccc1Cn1c(SCC(=O)NC[C@@H]2CCCO2)nc2ccsc2c1=O. The lowest BCUT2D eigenvalue weighted by Gasteiger charge is -2.14. The Morgan fingerprint density at radius 1 is 1.40 bits per heavy atom. The molecule has 158 valence electrons. The zero-order chi connectivity index (χ0) is 20.9. The Morgan fingerprint density at radius 3 is 3.07 bits per heavy atom. The summed E-state index contributed by atoms with van der Waals surface area (Å²) in [6.07, 6.45) is 2.11. The molecule has 3 aromatic rings. The van der Waals surface area contributed by atoms with E-state index in [9.17, 15) is 9.59 Å². The molecule has 1 aliphatic rings. The van der Waals surface area contributed by atoms with Gasteiger partial charge in [0.2, 0.25) is 5.91 Å². The number of amides is 1. The van der Waals surface area contributed by atoms with Gasteiger partial charge in [-0.05, 0) is 30.4 Å². The summed E-state index contributed by atoms with van der Waals surface area (Å²) in [4.78, 5) is 30.1. The quantitative estimate of drug-likeness (QED) is 0.424. The van der Waals surface area contributed by atoms with Crippen molar-refractivity contribution >= 4 is 39.2 Å². The van der Waals surface area contributed by atoms with Gasteiger partial charge in [0.05, 0.1) is 31.0 Å². The van der Waals surface area contributed by atoms with Crippen molar-refractivity contribution in [3.63, 3.8) is 0 Å². The molecule has 9 heteroatoms. The Morgan fingerprint density at radius 2 is 2.27 bits per heavy atom. The number of carbonyl (C=O) groups is 1. The van der Waals surface area contributed by atoms with Crippen molar-refractivity contribution in [2.75, 3.05) is 26.0 Å². The minimum atomic E-state index is -0.108. The number of hydrogen-bond acceptors (Lipinski definition) is 7. The predicted molar refractivity (Wildman–Crippen MR) is 119 cm³/mol. The number of para-hydroxylation sites is 1. The summed E-state index contributed by atoms with van der Waals surface area (Å²) in [5, 5.41) is 5.29. The number of rotatable bonds is 8. The molecule has 0 unspecified atom stereocenters. The molecule has 1 N–H and O–H groups in total. The Kier molecular flexibility index (Phi) is 6.71. The Balaban J connectivity index is 1.54. The number of thioether (sulfide) groups is 1. The van der Waals surface area contributed by atoms with E-state index < -0.39 is 0 Å². The monoisotopic (exact) mass is 445 g/mol. The van der Waals surface area contributed by atoms with E-state index >= 15 is 0 Å². The van der Waals surface area contributed by atoms with E-state index in [1.54, 1.807) is 11.7 Å². The van der Waals surface area contributed by atoms with E-state index in [2.05, 4.69) is 10.3 Å². The van der Waals surface area contributed by atoms with Crippen LogP contribution in [0.1, 0.15) is 18.4 Å². The van der Waals surface area contributed by atoms with Gasteiger partial charge in [0, 0.05) is 18.7 Å². The van der Waals surface area contributed by atoms with Gasteiger partial charge in [0.25, 0.3) is 5.56 Å². The third kappa shape index (κ3) is 4.69. The molecule has 1 aliphatic heterocycles. The first-order valence-electron chi connectivity index (χ1n) is 9.76. The second kappa shape index (κ2) is 9.63. The molecule has 1 saturated heterocycles. The summed E-state index contributed by atoms with van der Waals surface area (Å²) in [7, 11) is 1.61. The van der Waals surface area contributed by atoms with Gasteiger partial charge in [-0.1, -0.05) is 30.0 Å². The van der Waals surface area contributed by atoms with Crippen molar-refractivity contribution in [3.8, 4) is 5.75 Å². The van der Waals surface area contributed by atoms with Crippen molar-refractivity contribution < 1.29 is 14.3 Å². The molecule has 7 nitrogen and oxygen atoms in total. The smallest absolute Gasteiger partial charge is 0.272 e. The summed E-state index contributed by atoms with van der Waals surface area (Å²) in [6.45, 7) is 1.60. The van der Waals surface area contributed by atoms with Crippen LogP contribution in [0.3, 0.4) is 0 Å². The zero-order valence-electron chi connectivity index (χ0n) is 16.6. The molecule has 0 saturated carbocycles. The van der Waals surface area contributed by atoms with E-state index in [4.69, 9.17) is 9.47 Å². The minimum Gasteiger partial charge on any atom is -0.496 e. The predicted octanol–water partition coefficient (Wildman–Crippen LogP) is 2.90. The second-order valence-corrected chi connectivity index (χ2v) is 8.82. The maximum absolute atomic E-state index is 13.1. The molecule has 1 atom stereocenters. The van der Waals surface area contributed by atoms with E-state index in [1.807, 2.05) is 35.7 Å². The maximum Gasteiger partial charge on any atom is 0.272 e. The van der Waals surface area contributed by atoms with Crippen LogP contribution >= 0.6 is 23.1 Å². The lowest BCUT2D eigenvalue weighted by atomic mass is 10.2. The van der Waals surface area contributed by atoms with Crippen LogP contribution in [-0.4, -0.2) is 47.6 Å². The highest BCUT2D eigenvalue weighted by molar-refractivity contribution is 7.99.